The lowest BCUT2D eigenvalue weighted by Gasteiger charge is -2.10. The zero-order valence-electron chi connectivity index (χ0n) is 12.4. The minimum Gasteiger partial charge on any atom is -0.494 e. The molecule has 0 aliphatic rings. The van der Waals surface area contributed by atoms with Crippen molar-refractivity contribution in [3.8, 4) is 11.8 Å². The predicted octanol–water partition coefficient (Wildman–Crippen LogP) is 4.23. The van der Waals surface area contributed by atoms with E-state index in [0.717, 1.165) is 37.0 Å². The predicted molar refractivity (Wildman–Crippen MR) is 79.7 cm³/mol. The molecule has 0 N–H and O–H groups in total. The molecule has 3 nitrogen and oxygen atoms in total. The van der Waals surface area contributed by atoms with E-state index in [9.17, 15) is 10.1 Å². The smallest absolute Gasteiger partial charge is 0.154 e. The van der Waals surface area contributed by atoms with Crippen LogP contribution in [-0.4, -0.2) is 12.4 Å². The Kier molecular flexibility index (Phi) is 7.42. The summed E-state index contributed by atoms with van der Waals surface area (Å²) in [4.78, 5) is 12.1. The van der Waals surface area contributed by atoms with Crippen LogP contribution in [0.15, 0.2) is 24.3 Å². The van der Waals surface area contributed by atoms with Crippen LogP contribution in [0, 0.1) is 11.3 Å². The Labute approximate surface area is 121 Å². The second kappa shape index (κ2) is 9.14. The van der Waals surface area contributed by atoms with Crippen LogP contribution in [-0.2, 0) is 4.79 Å². The number of nitrogens with zero attached hydrogens (tertiary/aromatic N) is 1. The molecular weight excluding hydrogens is 250 g/mol. The first-order chi connectivity index (χ1) is 9.72. The number of ether oxygens (including phenoxy) is 1. The molecule has 0 radical (unpaired) electrons. The highest BCUT2D eigenvalue weighted by atomic mass is 16.5. The summed E-state index contributed by atoms with van der Waals surface area (Å²) in [5, 5.41) is 9.22. The molecule has 0 heterocycles. The summed E-state index contributed by atoms with van der Waals surface area (Å²) in [5.74, 6) is 0.142. The quantitative estimate of drug-likeness (QED) is 0.632. The zero-order valence-corrected chi connectivity index (χ0v) is 12.4. The van der Waals surface area contributed by atoms with Crippen LogP contribution in [0.5, 0.6) is 5.75 Å². The standard InChI is InChI=1S/C17H23NO2/c1-3-5-6-7-8-17(19)16(13-18)14-9-11-15(12-10-14)20-4-2/h9-12,16H,3-8H2,1-2H3. The second-order valence-electron chi connectivity index (χ2n) is 4.84. The van der Waals surface area contributed by atoms with E-state index in [-0.39, 0.29) is 5.78 Å². The maximum absolute atomic E-state index is 12.1. The van der Waals surface area contributed by atoms with Gasteiger partial charge in [0, 0.05) is 6.42 Å². The Hall–Kier alpha value is -1.82. The minimum absolute atomic E-state index is 0.0211. The summed E-state index contributed by atoms with van der Waals surface area (Å²) in [6.07, 6.45) is 4.72. The fourth-order valence-electron chi connectivity index (χ4n) is 2.13. The number of rotatable bonds is 9. The maximum atomic E-state index is 12.1. The van der Waals surface area contributed by atoms with Crippen LogP contribution in [0.4, 0.5) is 0 Å². The van der Waals surface area contributed by atoms with Gasteiger partial charge in [-0.3, -0.25) is 4.79 Å². The largest absolute Gasteiger partial charge is 0.494 e. The van der Waals surface area contributed by atoms with E-state index < -0.39 is 5.92 Å². The van der Waals surface area contributed by atoms with Crippen molar-refractivity contribution in [2.24, 2.45) is 0 Å². The summed E-state index contributed by atoms with van der Waals surface area (Å²) in [6, 6.07) is 9.36. The SMILES string of the molecule is CCCCCCC(=O)C(C#N)c1ccc(OCC)cc1. The van der Waals surface area contributed by atoms with E-state index in [0.29, 0.717) is 13.0 Å². The molecule has 1 aromatic rings. The molecule has 0 spiro atoms. The Morgan fingerprint density at radius 3 is 2.45 bits per heavy atom. The van der Waals surface area contributed by atoms with Crippen LogP contribution >= 0.6 is 0 Å². The van der Waals surface area contributed by atoms with Crippen molar-refractivity contribution in [2.75, 3.05) is 6.61 Å². The summed E-state index contributed by atoms with van der Waals surface area (Å²) >= 11 is 0. The first-order valence-electron chi connectivity index (χ1n) is 7.38. The fraction of sp³-hybridized carbons (Fsp3) is 0.529. The van der Waals surface area contributed by atoms with Gasteiger partial charge in [-0.25, -0.2) is 0 Å². The molecule has 0 aromatic heterocycles. The Bertz CT molecular complexity index is 445. The Balaban J connectivity index is 2.60. The van der Waals surface area contributed by atoms with Crippen molar-refractivity contribution < 1.29 is 9.53 Å². The van der Waals surface area contributed by atoms with Crippen molar-refractivity contribution >= 4 is 5.78 Å². The molecule has 1 atom stereocenters. The molecular formula is C17H23NO2. The summed E-state index contributed by atoms with van der Waals surface area (Å²) in [5.41, 5.74) is 0.761. The van der Waals surface area contributed by atoms with E-state index in [1.54, 1.807) is 0 Å². The van der Waals surface area contributed by atoms with Gasteiger partial charge in [0.15, 0.2) is 5.78 Å². The van der Waals surface area contributed by atoms with Gasteiger partial charge in [-0.05, 0) is 31.0 Å². The van der Waals surface area contributed by atoms with E-state index in [1.807, 2.05) is 31.2 Å². The molecule has 3 heteroatoms. The van der Waals surface area contributed by atoms with Gasteiger partial charge in [-0.15, -0.1) is 0 Å². The van der Waals surface area contributed by atoms with Gasteiger partial charge in [0.05, 0.1) is 12.7 Å². The normalized spacial score (nSPS) is 11.7. The fourth-order valence-corrected chi connectivity index (χ4v) is 2.13. The van der Waals surface area contributed by atoms with Crippen molar-refractivity contribution in [3.63, 3.8) is 0 Å². The maximum Gasteiger partial charge on any atom is 0.154 e. The number of carbonyl (C=O) groups excluding carboxylic acids is 1. The third-order valence-corrected chi connectivity index (χ3v) is 3.25. The summed E-state index contributed by atoms with van der Waals surface area (Å²) in [7, 11) is 0. The number of hydrogen-bond donors (Lipinski definition) is 0. The molecule has 0 saturated carbocycles. The lowest BCUT2D eigenvalue weighted by molar-refractivity contribution is -0.119. The topological polar surface area (TPSA) is 50.1 Å². The highest BCUT2D eigenvalue weighted by Gasteiger charge is 2.19. The molecule has 0 saturated heterocycles. The van der Waals surface area contributed by atoms with Gasteiger partial charge < -0.3 is 4.74 Å². The lowest BCUT2D eigenvalue weighted by Crippen LogP contribution is -2.10. The van der Waals surface area contributed by atoms with E-state index in [2.05, 4.69) is 13.0 Å². The van der Waals surface area contributed by atoms with Crippen molar-refractivity contribution in [1.82, 2.24) is 0 Å². The van der Waals surface area contributed by atoms with Gasteiger partial charge >= 0.3 is 0 Å². The highest BCUT2D eigenvalue weighted by Crippen LogP contribution is 2.22. The number of unbranched alkanes of at least 4 members (excludes halogenated alkanes) is 3. The molecule has 0 fully saturated rings. The van der Waals surface area contributed by atoms with E-state index in [4.69, 9.17) is 4.74 Å². The molecule has 0 aliphatic carbocycles. The molecule has 1 aromatic carbocycles. The van der Waals surface area contributed by atoms with Crippen LogP contribution < -0.4 is 4.74 Å². The number of nitriles is 1. The van der Waals surface area contributed by atoms with Crippen LogP contribution in [0.3, 0.4) is 0 Å². The molecule has 108 valence electrons. The van der Waals surface area contributed by atoms with Crippen molar-refractivity contribution in [2.45, 2.75) is 51.9 Å². The van der Waals surface area contributed by atoms with Crippen LogP contribution in [0.25, 0.3) is 0 Å². The van der Waals surface area contributed by atoms with Crippen molar-refractivity contribution in [3.05, 3.63) is 29.8 Å². The number of benzene rings is 1. The lowest BCUT2D eigenvalue weighted by atomic mass is 9.93. The van der Waals surface area contributed by atoms with Gasteiger partial charge in [0.1, 0.15) is 11.7 Å². The molecule has 0 amide bonds. The van der Waals surface area contributed by atoms with Crippen LogP contribution in [0.1, 0.15) is 57.4 Å². The number of ketones is 1. The first-order valence-corrected chi connectivity index (χ1v) is 7.38. The Morgan fingerprint density at radius 1 is 1.20 bits per heavy atom. The first kappa shape index (κ1) is 16.2. The molecule has 0 aliphatic heterocycles. The Morgan fingerprint density at radius 2 is 1.90 bits per heavy atom. The number of carbonyl (C=O) groups is 1. The molecule has 0 bridgehead atoms. The van der Waals surface area contributed by atoms with Crippen molar-refractivity contribution in [1.29, 1.82) is 5.26 Å². The van der Waals surface area contributed by atoms with E-state index >= 15 is 0 Å². The van der Waals surface area contributed by atoms with E-state index in [1.165, 1.54) is 0 Å². The number of hydrogen-bond acceptors (Lipinski definition) is 3. The third kappa shape index (κ3) is 5.05. The second-order valence-corrected chi connectivity index (χ2v) is 4.84. The average Bonchev–Trinajstić information content (AvgIpc) is 2.46. The highest BCUT2D eigenvalue weighted by molar-refractivity contribution is 5.88. The third-order valence-electron chi connectivity index (χ3n) is 3.25. The van der Waals surface area contributed by atoms with Gasteiger partial charge in [0.2, 0.25) is 0 Å². The molecule has 20 heavy (non-hydrogen) atoms. The van der Waals surface area contributed by atoms with Crippen LogP contribution in [0.2, 0.25) is 0 Å². The molecule has 1 unspecified atom stereocenters. The summed E-state index contributed by atoms with van der Waals surface area (Å²) in [6.45, 7) is 4.67. The van der Waals surface area contributed by atoms with Gasteiger partial charge in [-0.2, -0.15) is 5.26 Å². The summed E-state index contributed by atoms with van der Waals surface area (Å²) < 4.78 is 5.36. The minimum atomic E-state index is -0.646. The number of Topliss-reactive ketones (excluding diaryl/α,β-unsaturated/α-hetero) is 1. The van der Waals surface area contributed by atoms with Gasteiger partial charge in [-0.1, -0.05) is 38.3 Å². The average molecular weight is 273 g/mol. The zero-order chi connectivity index (χ0) is 14.8. The monoisotopic (exact) mass is 273 g/mol. The molecule has 1 rings (SSSR count). The van der Waals surface area contributed by atoms with Gasteiger partial charge in [0.25, 0.3) is 0 Å².